The van der Waals surface area contributed by atoms with Crippen molar-refractivity contribution in [3.63, 3.8) is 0 Å². The number of carbonyl (C=O) groups excluding carboxylic acids is 1. The molecular weight excluding hydrogens is 304 g/mol. The standard InChI is InChI=1S/C18H28N4O2/c1-13-5-3-4-6-15(13)19-18(24)14-9-11-22(12-10-14)16-7-8-17(23)21(2)20-16/h7-8,13-15H,3-6,9-12H2,1-2H3,(H,19,24)/t13-,15+/m1/s1. The van der Waals surface area contributed by atoms with Crippen LogP contribution in [-0.2, 0) is 11.8 Å². The topological polar surface area (TPSA) is 67.2 Å². The van der Waals surface area contributed by atoms with Gasteiger partial charge in [0.05, 0.1) is 0 Å². The molecule has 3 rings (SSSR count). The van der Waals surface area contributed by atoms with Crippen molar-refractivity contribution in [3.05, 3.63) is 22.5 Å². The molecule has 132 valence electrons. The van der Waals surface area contributed by atoms with Gasteiger partial charge in [0.1, 0.15) is 5.82 Å². The fourth-order valence-corrected chi connectivity index (χ4v) is 3.86. The number of aryl methyl sites for hydroxylation is 1. The maximum absolute atomic E-state index is 12.6. The highest BCUT2D eigenvalue weighted by molar-refractivity contribution is 5.79. The van der Waals surface area contributed by atoms with E-state index in [4.69, 9.17) is 0 Å². The Morgan fingerprint density at radius 3 is 2.54 bits per heavy atom. The van der Waals surface area contributed by atoms with Crippen LogP contribution in [0.4, 0.5) is 5.82 Å². The lowest BCUT2D eigenvalue weighted by molar-refractivity contribution is -0.126. The first-order valence-corrected chi connectivity index (χ1v) is 9.14. The zero-order valence-electron chi connectivity index (χ0n) is 14.7. The largest absolute Gasteiger partial charge is 0.355 e. The van der Waals surface area contributed by atoms with Crippen LogP contribution in [0.3, 0.4) is 0 Å². The summed E-state index contributed by atoms with van der Waals surface area (Å²) in [5.41, 5.74) is -0.102. The second-order valence-electron chi connectivity index (χ2n) is 7.29. The number of carbonyl (C=O) groups is 1. The van der Waals surface area contributed by atoms with Crippen molar-refractivity contribution in [1.29, 1.82) is 0 Å². The smallest absolute Gasteiger partial charge is 0.266 e. The molecule has 6 heteroatoms. The summed E-state index contributed by atoms with van der Waals surface area (Å²) in [6, 6.07) is 3.67. The molecule has 2 heterocycles. The SMILES string of the molecule is C[C@@H]1CCCC[C@@H]1NC(=O)C1CCN(c2ccc(=O)n(C)n2)CC1. The van der Waals surface area contributed by atoms with Crippen molar-refractivity contribution in [2.75, 3.05) is 18.0 Å². The zero-order valence-corrected chi connectivity index (χ0v) is 14.7. The fraction of sp³-hybridized carbons (Fsp3) is 0.722. The Morgan fingerprint density at radius 1 is 1.17 bits per heavy atom. The maximum Gasteiger partial charge on any atom is 0.266 e. The van der Waals surface area contributed by atoms with Gasteiger partial charge in [0, 0.05) is 38.2 Å². The maximum atomic E-state index is 12.6. The van der Waals surface area contributed by atoms with Crippen molar-refractivity contribution in [1.82, 2.24) is 15.1 Å². The second kappa shape index (κ2) is 7.36. The van der Waals surface area contributed by atoms with Crippen LogP contribution in [0.15, 0.2) is 16.9 Å². The molecular formula is C18H28N4O2. The van der Waals surface area contributed by atoms with Gasteiger partial charge in [-0.05, 0) is 37.7 Å². The van der Waals surface area contributed by atoms with E-state index in [1.165, 1.54) is 23.9 Å². The van der Waals surface area contributed by atoms with Crippen LogP contribution >= 0.6 is 0 Å². The monoisotopic (exact) mass is 332 g/mol. The molecule has 1 N–H and O–H groups in total. The average molecular weight is 332 g/mol. The van der Waals surface area contributed by atoms with Crippen molar-refractivity contribution in [2.45, 2.75) is 51.5 Å². The number of rotatable bonds is 3. The molecule has 6 nitrogen and oxygen atoms in total. The van der Waals surface area contributed by atoms with E-state index in [-0.39, 0.29) is 17.4 Å². The highest BCUT2D eigenvalue weighted by Gasteiger charge is 2.29. The van der Waals surface area contributed by atoms with E-state index < -0.39 is 0 Å². The summed E-state index contributed by atoms with van der Waals surface area (Å²) in [5, 5.41) is 7.59. The number of hydrogen-bond acceptors (Lipinski definition) is 4. The van der Waals surface area contributed by atoms with Crippen LogP contribution < -0.4 is 15.8 Å². The van der Waals surface area contributed by atoms with Crippen molar-refractivity contribution >= 4 is 11.7 Å². The molecule has 1 aromatic heterocycles. The molecule has 0 unspecified atom stereocenters. The molecule has 1 saturated carbocycles. The summed E-state index contributed by atoms with van der Waals surface area (Å²) in [6.45, 7) is 3.87. The van der Waals surface area contributed by atoms with Gasteiger partial charge in [0.15, 0.2) is 0 Å². The molecule has 0 radical (unpaired) electrons. The summed E-state index contributed by atoms with van der Waals surface area (Å²) in [7, 11) is 1.66. The third kappa shape index (κ3) is 3.79. The number of aromatic nitrogens is 2. The molecule has 2 atom stereocenters. The van der Waals surface area contributed by atoms with Crippen LogP contribution in [0.2, 0.25) is 0 Å². The highest BCUT2D eigenvalue weighted by atomic mass is 16.2. The van der Waals surface area contributed by atoms with Crippen LogP contribution in [0.25, 0.3) is 0 Å². The molecule has 0 bridgehead atoms. The first-order chi connectivity index (χ1) is 11.5. The van der Waals surface area contributed by atoms with E-state index >= 15 is 0 Å². The van der Waals surface area contributed by atoms with Gasteiger partial charge < -0.3 is 10.2 Å². The Morgan fingerprint density at radius 2 is 1.88 bits per heavy atom. The summed E-state index contributed by atoms with van der Waals surface area (Å²) >= 11 is 0. The Labute approximate surface area is 143 Å². The second-order valence-corrected chi connectivity index (χ2v) is 7.29. The van der Waals surface area contributed by atoms with Crippen LogP contribution in [0.5, 0.6) is 0 Å². The van der Waals surface area contributed by atoms with Gasteiger partial charge >= 0.3 is 0 Å². The van der Waals surface area contributed by atoms with E-state index in [1.807, 2.05) is 0 Å². The van der Waals surface area contributed by atoms with Gasteiger partial charge in [0.2, 0.25) is 5.91 Å². The quantitative estimate of drug-likeness (QED) is 0.915. The Balaban J connectivity index is 1.53. The normalized spacial score (nSPS) is 25.5. The number of anilines is 1. The van der Waals surface area contributed by atoms with Crippen molar-refractivity contribution in [2.24, 2.45) is 18.9 Å². The summed E-state index contributed by atoms with van der Waals surface area (Å²) < 4.78 is 1.36. The molecule has 1 amide bonds. The number of piperidine rings is 1. The first kappa shape index (κ1) is 17.0. The molecule has 24 heavy (non-hydrogen) atoms. The number of hydrogen-bond donors (Lipinski definition) is 1. The van der Waals surface area contributed by atoms with Gasteiger partial charge in [0.25, 0.3) is 5.56 Å². The molecule has 1 aliphatic carbocycles. The van der Waals surface area contributed by atoms with E-state index in [2.05, 4.69) is 22.2 Å². The zero-order chi connectivity index (χ0) is 17.1. The number of amides is 1. The van der Waals surface area contributed by atoms with E-state index in [0.717, 1.165) is 38.2 Å². The van der Waals surface area contributed by atoms with Gasteiger partial charge in [-0.1, -0.05) is 19.8 Å². The third-order valence-corrected chi connectivity index (χ3v) is 5.58. The fourth-order valence-electron chi connectivity index (χ4n) is 3.86. The molecule has 1 saturated heterocycles. The van der Waals surface area contributed by atoms with Gasteiger partial charge in [-0.2, -0.15) is 5.10 Å². The van der Waals surface area contributed by atoms with Crippen LogP contribution in [0.1, 0.15) is 45.4 Å². The number of nitrogens with zero attached hydrogens (tertiary/aromatic N) is 3. The minimum Gasteiger partial charge on any atom is -0.355 e. The van der Waals surface area contributed by atoms with Gasteiger partial charge in [-0.3, -0.25) is 9.59 Å². The van der Waals surface area contributed by atoms with Crippen molar-refractivity contribution in [3.8, 4) is 0 Å². The van der Waals surface area contributed by atoms with E-state index in [1.54, 1.807) is 19.2 Å². The number of nitrogens with one attached hydrogen (secondary N) is 1. The van der Waals surface area contributed by atoms with Gasteiger partial charge in [-0.25, -0.2) is 4.68 Å². The lowest BCUT2D eigenvalue weighted by Gasteiger charge is -2.34. The third-order valence-electron chi connectivity index (χ3n) is 5.58. The Bertz CT molecular complexity index is 634. The molecule has 2 fully saturated rings. The minimum atomic E-state index is -0.102. The lowest BCUT2D eigenvalue weighted by Crippen LogP contribution is -2.47. The summed E-state index contributed by atoms with van der Waals surface area (Å²) in [5.74, 6) is 1.74. The predicted octanol–water partition coefficient (Wildman–Crippen LogP) is 1.69. The molecule has 1 aromatic rings. The van der Waals surface area contributed by atoms with Gasteiger partial charge in [-0.15, -0.1) is 0 Å². The molecule has 0 spiro atoms. The Hall–Kier alpha value is -1.85. The van der Waals surface area contributed by atoms with E-state index in [9.17, 15) is 9.59 Å². The molecule has 1 aliphatic heterocycles. The minimum absolute atomic E-state index is 0.0999. The van der Waals surface area contributed by atoms with E-state index in [0.29, 0.717) is 12.0 Å². The lowest BCUT2D eigenvalue weighted by atomic mass is 9.85. The highest BCUT2D eigenvalue weighted by Crippen LogP contribution is 2.26. The van der Waals surface area contributed by atoms with Crippen LogP contribution in [0, 0.1) is 11.8 Å². The summed E-state index contributed by atoms with van der Waals surface area (Å²) in [4.78, 5) is 26.2. The average Bonchev–Trinajstić information content (AvgIpc) is 2.59. The van der Waals surface area contributed by atoms with Crippen molar-refractivity contribution < 1.29 is 4.79 Å². The molecule has 2 aliphatic rings. The Kier molecular flexibility index (Phi) is 5.21. The molecule has 0 aromatic carbocycles. The van der Waals surface area contributed by atoms with Crippen LogP contribution in [-0.4, -0.2) is 34.8 Å². The summed E-state index contributed by atoms with van der Waals surface area (Å²) in [6.07, 6.45) is 6.55. The predicted molar refractivity (Wildman–Crippen MR) is 94.0 cm³/mol. The first-order valence-electron chi connectivity index (χ1n) is 9.14.